The lowest BCUT2D eigenvalue weighted by Crippen LogP contribution is -2.36. The maximum Gasteiger partial charge on any atom is 0.0121 e. The van der Waals surface area contributed by atoms with E-state index in [9.17, 15) is 0 Å². The van der Waals surface area contributed by atoms with Gasteiger partial charge in [-0.15, -0.1) is 11.3 Å². The second kappa shape index (κ2) is 6.36. The summed E-state index contributed by atoms with van der Waals surface area (Å²) in [6, 6.07) is 15.2. The SMILES string of the molecule is CCc1ccc(CC(CC)(CN)c2ccccc2)s1. The van der Waals surface area contributed by atoms with E-state index in [-0.39, 0.29) is 5.41 Å². The number of hydrogen-bond donors (Lipinski definition) is 1. The zero-order valence-electron chi connectivity index (χ0n) is 11.9. The third kappa shape index (κ3) is 3.07. The molecule has 0 aliphatic heterocycles. The van der Waals surface area contributed by atoms with Crippen molar-refractivity contribution in [3.63, 3.8) is 0 Å². The third-order valence-corrected chi connectivity index (χ3v) is 5.26. The van der Waals surface area contributed by atoms with E-state index in [0.717, 1.165) is 19.3 Å². The summed E-state index contributed by atoms with van der Waals surface area (Å²) in [5.41, 5.74) is 7.59. The van der Waals surface area contributed by atoms with Gasteiger partial charge in [0.25, 0.3) is 0 Å². The van der Waals surface area contributed by atoms with Crippen LogP contribution < -0.4 is 5.73 Å². The summed E-state index contributed by atoms with van der Waals surface area (Å²) in [6.07, 6.45) is 3.25. The minimum Gasteiger partial charge on any atom is -0.330 e. The summed E-state index contributed by atoms with van der Waals surface area (Å²) in [5.74, 6) is 0. The summed E-state index contributed by atoms with van der Waals surface area (Å²) in [4.78, 5) is 2.91. The van der Waals surface area contributed by atoms with Crippen LogP contribution in [0.5, 0.6) is 0 Å². The van der Waals surface area contributed by atoms with E-state index in [1.807, 2.05) is 11.3 Å². The average Bonchev–Trinajstić information content (AvgIpc) is 2.93. The molecule has 0 amide bonds. The van der Waals surface area contributed by atoms with Crippen molar-refractivity contribution in [3.8, 4) is 0 Å². The molecule has 1 aromatic heterocycles. The van der Waals surface area contributed by atoms with Crippen molar-refractivity contribution in [1.82, 2.24) is 0 Å². The Kier molecular flexibility index (Phi) is 4.78. The molecular weight excluding hydrogens is 250 g/mol. The fourth-order valence-corrected chi connectivity index (χ4v) is 3.70. The van der Waals surface area contributed by atoms with Crippen molar-refractivity contribution in [2.75, 3.05) is 6.54 Å². The molecule has 1 heterocycles. The molecule has 0 fully saturated rings. The van der Waals surface area contributed by atoms with E-state index < -0.39 is 0 Å². The zero-order valence-corrected chi connectivity index (χ0v) is 12.7. The predicted octanol–water partition coefficient (Wildman–Crippen LogP) is 4.16. The number of hydrogen-bond acceptors (Lipinski definition) is 2. The van der Waals surface area contributed by atoms with E-state index in [4.69, 9.17) is 5.73 Å². The van der Waals surface area contributed by atoms with Gasteiger partial charge in [0.05, 0.1) is 0 Å². The van der Waals surface area contributed by atoms with Crippen molar-refractivity contribution in [2.45, 2.75) is 38.5 Å². The van der Waals surface area contributed by atoms with Crippen LogP contribution in [-0.4, -0.2) is 6.54 Å². The molecule has 102 valence electrons. The van der Waals surface area contributed by atoms with Crippen LogP contribution in [0.15, 0.2) is 42.5 Å². The molecule has 0 aliphatic rings. The first kappa shape index (κ1) is 14.3. The summed E-state index contributed by atoms with van der Waals surface area (Å²) in [5, 5.41) is 0. The highest BCUT2D eigenvalue weighted by Crippen LogP contribution is 2.33. The molecule has 0 spiro atoms. The van der Waals surface area contributed by atoms with Crippen LogP contribution in [0.3, 0.4) is 0 Å². The van der Waals surface area contributed by atoms with Crippen molar-refractivity contribution in [2.24, 2.45) is 5.73 Å². The molecule has 2 aromatic rings. The van der Waals surface area contributed by atoms with Gasteiger partial charge in [-0.1, -0.05) is 44.2 Å². The van der Waals surface area contributed by atoms with Gasteiger partial charge in [0, 0.05) is 21.7 Å². The molecule has 2 heteroatoms. The molecule has 0 saturated carbocycles. The molecule has 1 nitrogen and oxygen atoms in total. The van der Waals surface area contributed by atoms with Crippen LogP contribution in [0.25, 0.3) is 0 Å². The number of benzene rings is 1. The van der Waals surface area contributed by atoms with Gasteiger partial charge < -0.3 is 5.73 Å². The quantitative estimate of drug-likeness (QED) is 0.840. The first-order chi connectivity index (χ1) is 9.24. The maximum atomic E-state index is 6.14. The molecule has 1 unspecified atom stereocenters. The van der Waals surface area contributed by atoms with Gasteiger partial charge in [0.2, 0.25) is 0 Å². The summed E-state index contributed by atoms with van der Waals surface area (Å²) >= 11 is 1.93. The van der Waals surface area contributed by atoms with Crippen LogP contribution in [0.4, 0.5) is 0 Å². The smallest absolute Gasteiger partial charge is 0.0121 e. The Morgan fingerprint density at radius 1 is 1.00 bits per heavy atom. The second-order valence-electron chi connectivity index (χ2n) is 5.10. The van der Waals surface area contributed by atoms with Crippen molar-refractivity contribution >= 4 is 11.3 Å². The van der Waals surface area contributed by atoms with Gasteiger partial charge in [0.1, 0.15) is 0 Å². The Morgan fingerprint density at radius 2 is 1.68 bits per heavy atom. The Balaban J connectivity index is 2.29. The van der Waals surface area contributed by atoms with Crippen LogP contribution in [0.2, 0.25) is 0 Å². The standard InChI is InChI=1S/C17H23NS/c1-3-15-10-11-16(19-15)12-17(4-2,13-18)14-8-6-5-7-9-14/h5-11H,3-4,12-13,18H2,1-2H3. The van der Waals surface area contributed by atoms with Crippen LogP contribution in [-0.2, 0) is 18.3 Å². The van der Waals surface area contributed by atoms with Gasteiger partial charge in [-0.25, -0.2) is 0 Å². The fourth-order valence-electron chi connectivity index (χ4n) is 2.60. The van der Waals surface area contributed by atoms with Gasteiger partial charge in [-0.2, -0.15) is 0 Å². The van der Waals surface area contributed by atoms with E-state index in [1.165, 1.54) is 15.3 Å². The fraction of sp³-hybridized carbons (Fsp3) is 0.412. The predicted molar refractivity (Wildman–Crippen MR) is 84.9 cm³/mol. The Morgan fingerprint density at radius 3 is 2.21 bits per heavy atom. The lowest BCUT2D eigenvalue weighted by molar-refractivity contribution is 0.421. The molecule has 0 radical (unpaired) electrons. The number of nitrogens with two attached hydrogens (primary N) is 1. The minimum atomic E-state index is 0.0805. The van der Waals surface area contributed by atoms with E-state index in [2.05, 4.69) is 56.3 Å². The Labute approximate surface area is 120 Å². The number of thiophene rings is 1. The largest absolute Gasteiger partial charge is 0.330 e. The van der Waals surface area contributed by atoms with Crippen LogP contribution in [0, 0.1) is 0 Å². The molecule has 0 saturated heterocycles. The molecule has 1 aromatic carbocycles. The third-order valence-electron chi connectivity index (χ3n) is 4.03. The molecule has 19 heavy (non-hydrogen) atoms. The maximum absolute atomic E-state index is 6.14. The van der Waals surface area contributed by atoms with E-state index in [1.54, 1.807) is 0 Å². The van der Waals surface area contributed by atoms with Crippen molar-refractivity contribution in [3.05, 3.63) is 57.8 Å². The first-order valence-corrected chi connectivity index (χ1v) is 7.89. The van der Waals surface area contributed by atoms with Crippen LogP contribution in [0.1, 0.15) is 35.6 Å². The highest BCUT2D eigenvalue weighted by molar-refractivity contribution is 7.12. The highest BCUT2D eigenvalue weighted by atomic mass is 32.1. The van der Waals surface area contributed by atoms with Gasteiger partial charge in [-0.3, -0.25) is 0 Å². The number of rotatable bonds is 6. The van der Waals surface area contributed by atoms with Gasteiger partial charge in [0.15, 0.2) is 0 Å². The first-order valence-electron chi connectivity index (χ1n) is 7.07. The molecular formula is C17H23NS. The Hall–Kier alpha value is -1.12. The van der Waals surface area contributed by atoms with E-state index >= 15 is 0 Å². The molecule has 1 atom stereocenters. The second-order valence-corrected chi connectivity index (χ2v) is 6.36. The van der Waals surface area contributed by atoms with Crippen LogP contribution >= 0.6 is 11.3 Å². The summed E-state index contributed by atoms with van der Waals surface area (Å²) in [6.45, 7) is 5.16. The number of aryl methyl sites for hydroxylation is 1. The summed E-state index contributed by atoms with van der Waals surface area (Å²) < 4.78 is 0. The molecule has 2 N–H and O–H groups in total. The zero-order chi connectivity index (χ0) is 13.7. The monoisotopic (exact) mass is 273 g/mol. The summed E-state index contributed by atoms with van der Waals surface area (Å²) in [7, 11) is 0. The lowest BCUT2D eigenvalue weighted by Gasteiger charge is -2.31. The Bertz CT molecular complexity index is 497. The highest BCUT2D eigenvalue weighted by Gasteiger charge is 2.29. The normalized spacial score (nSPS) is 14.3. The minimum absolute atomic E-state index is 0.0805. The molecule has 0 bridgehead atoms. The average molecular weight is 273 g/mol. The molecule has 0 aliphatic carbocycles. The van der Waals surface area contributed by atoms with Gasteiger partial charge >= 0.3 is 0 Å². The van der Waals surface area contributed by atoms with E-state index in [0.29, 0.717) is 6.54 Å². The lowest BCUT2D eigenvalue weighted by atomic mass is 9.75. The molecule has 2 rings (SSSR count). The van der Waals surface area contributed by atoms with Crippen molar-refractivity contribution in [1.29, 1.82) is 0 Å². The van der Waals surface area contributed by atoms with Crippen molar-refractivity contribution < 1.29 is 0 Å². The van der Waals surface area contributed by atoms with Gasteiger partial charge in [-0.05, 0) is 37.0 Å². The topological polar surface area (TPSA) is 26.0 Å².